The highest BCUT2D eigenvalue weighted by molar-refractivity contribution is 7.52. The molecule has 4 rings (SSSR count). The number of benzene rings is 1. The second-order valence-electron chi connectivity index (χ2n) is 9.40. The maximum absolute atomic E-state index is 13.7. The van der Waals surface area contributed by atoms with E-state index in [9.17, 15) is 9.36 Å². The van der Waals surface area contributed by atoms with Crippen LogP contribution in [0.1, 0.15) is 40.3 Å². The zero-order chi connectivity index (χ0) is 27.4. The van der Waals surface area contributed by atoms with Crippen LogP contribution < -0.4 is 20.7 Å². The lowest BCUT2D eigenvalue weighted by molar-refractivity contribution is -0.149. The molecule has 1 aromatic carbocycles. The molecule has 1 fully saturated rings. The number of anilines is 2. The summed E-state index contributed by atoms with van der Waals surface area (Å²) in [5.41, 5.74) is 7.00. The number of fused-ring (bicyclic) bond motifs is 1. The molecule has 0 amide bonds. The van der Waals surface area contributed by atoms with Crippen molar-refractivity contribution in [2.24, 2.45) is 5.92 Å². The highest BCUT2D eigenvalue weighted by Gasteiger charge is 2.38. The number of nitrogens with zero attached hydrogens (tertiary/aromatic N) is 4. The summed E-state index contributed by atoms with van der Waals surface area (Å²) >= 11 is 0. The second kappa shape index (κ2) is 11.6. The number of nitrogens with one attached hydrogen (secondary N) is 2. The van der Waals surface area contributed by atoms with Crippen molar-refractivity contribution in [1.82, 2.24) is 24.6 Å². The molecule has 14 heteroatoms. The van der Waals surface area contributed by atoms with E-state index >= 15 is 0 Å². The highest BCUT2D eigenvalue weighted by Crippen LogP contribution is 2.46. The van der Waals surface area contributed by atoms with Crippen LogP contribution in [0.4, 0.5) is 11.8 Å². The van der Waals surface area contributed by atoms with Crippen molar-refractivity contribution in [2.45, 2.75) is 58.6 Å². The average molecular weight is 548 g/mol. The van der Waals surface area contributed by atoms with Gasteiger partial charge in [-0.25, -0.2) is 9.55 Å². The fourth-order valence-electron chi connectivity index (χ4n) is 4.17. The van der Waals surface area contributed by atoms with E-state index in [1.807, 2.05) is 6.92 Å². The van der Waals surface area contributed by atoms with Crippen molar-refractivity contribution in [2.75, 3.05) is 24.7 Å². The van der Waals surface area contributed by atoms with Crippen LogP contribution in [0.5, 0.6) is 5.75 Å². The number of para-hydroxylation sites is 1. The number of nitrogen functional groups attached to an aromatic ring is 1. The van der Waals surface area contributed by atoms with Crippen LogP contribution >= 0.6 is 7.75 Å². The summed E-state index contributed by atoms with van der Waals surface area (Å²) < 4.78 is 38.6. The van der Waals surface area contributed by atoms with Crippen LogP contribution in [0.2, 0.25) is 0 Å². The maximum Gasteiger partial charge on any atom is 0.459 e. The van der Waals surface area contributed by atoms with Gasteiger partial charge in [0, 0.05) is 13.0 Å². The van der Waals surface area contributed by atoms with Gasteiger partial charge in [-0.2, -0.15) is 15.1 Å². The van der Waals surface area contributed by atoms with Gasteiger partial charge < -0.3 is 25.0 Å². The third-order valence-corrected chi connectivity index (χ3v) is 7.50. The summed E-state index contributed by atoms with van der Waals surface area (Å²) in [4.78, 5) is 25.3. The Morgan fingerprint density at radius 2 is 2.00 bits per heavy atom. The molecule has 206 valence electrons. The Bertz CT molecular complexity index is 1300. The van der Waals surface area contributed by atoms with E-state index in [0.717, 1.165) is 0 Å². The van der Waals surface area contributed by atoms with Gasteiger partial charge in [-0.3, -0.25) is 13.9 Å². The third-order valence-electron chi connectivity index (χ3n) is 5.86. The fraction of sp³-hybridized carbons (Fsp3) is 0.500. The number of hydrogen-bond donors (Lipinski definition) is 3. The number of rotatable bonds is 11. The Morgan fingerprint density at radius 3 is 2.68 bits per heavy atom. The smallest absolute Gasteiger partial charge is 0.459 e. The summed E-state index contributed by atoms with van der Waals surface area (Å²) in [5, 5.41) is 5.66. The molecule has 1 aliphatic heterocycles. The van der Waals surface area contributed by atoms with Crippen LogP contribution in [-0.2, 0) is 23.4 Å². The van der Waals surface area contributed by atoms with Crippen molar-refractivity contribution in [3.05, 3.63) is 36.7 Å². The molecule has 0 saturated carbocycles. The minimum atomic E-state index is -4.00. The Kier molecular flexibility index (Phi) is 8.51. The lowest BCUT2D eigenvalue weighted by Gasteiger charge is -2.24. The highest BCUT2D eigenvalue weighted by atomic mass is 31.2. The number of carbonyl (C=O) groups excluding carboxylic acids is 1. The molecule has 0 bridgehead atoms. The zero-order valence-corrected chi connectivity index (χ0v) is 22.9. The van der Waals surface area contributed by atoms with E-state index in [2.05, 4.69) is 25.4 Å². The van der Waals surface area contributed by atoms with Crippen molar-refractivity contribution < 1.29 is 27.9 Å². The zero-order valence-electron chi connectivity index (χ0n) is 22.0. The van der Waals surface area contributed by atoms with Crippen molar-refractivity contribution >= 4 is 36.6 Å². The lowest BCUT2D eigenvalue weighted by atomic mass is 10.1. The molecular formula is C24H34N7O6P. The Morgan fingerprint density at radius 1 is 1.26 bits per heavy atom. The van der Waals surface area contributed by atoms with Crippen molar-refractivity contribution in [3.63, 3.8) is 0 Å². The summed E-state index contributed by atoms with van der Waals surface area (Å²) in [6.07, 6.45) is 1.10. The van der Waals surface area contributed by atoms with Gasteiger partial charge in [0.2, 0.25) is 5.95 Å². The monoisotopic (exact) mass is 547 g/mol. The number of aromatic nitrogens is 4. The Labute approximate surface area is 221 Å². The molecule has 38 heavy (non-hydrogen) atoms. The molecule has 2 aromatic heterocycles. The van der Waals surface area contributed by atoms with Crippen LogP contribution in [0.15, 0.2) is 36.7 Å². The first-order chi connectivity index (χ1) is 18.1. The average Bonchev–Trinajstić information content (AvgIpc) is 3.45. The molecule has 5 atom stereocenters. The molecule has 3 aromatic rings. The number of nitrogens with two attached hydrogens (primary N) is 1. The number of ether oxygens (including phenoxy) is 2. The second-order valence-corrected chi connectivity index (χ2v) is 11.1. The summed E-state index contributed by atoms with van der Waals surface area (Å²) in [6, 6.07) is 7.65. The molecule has 0 aliphatic carbocycles. The van der Waals surface area contributed by atoms with Crippen LogP contribution in [0, 0.1) is 5.92 Å². The first-order valence-electron chi connectivity index (χ1n) is 12.4. The summed E-state index contributed by atoms with van der Waals surface area (Å²) in [7, 11) is -2.27. The predicted molar refractivity (Wildman–Crippen MR) is 141 cm³/mol. The van der Waals surface area contributed by atoms with Gasteiger partial charge in [0.15, 0.2) is 17.0 Å². The number of imidazole rings is 1. The van der Waals surface area contributed by atoms with Crippen molar-refractivity contribution in [1.29, 1.82) is 0 Å². The van der Waals surface area contributed by atoms with Crippen LogP contribution in [0.25, 0.3) is 11.2 Å². The van der Waals surface area contributed by atoms with Crippen molar-refractivity contribution in [3.8, 4) is 5.75 Å². The quantitative estimate of drug-likeness (QED) is 0.237. The maximum atomic E-state index is 13.7. The molecule has 4 N–H and O–H groups in total. The topological polar surface area (TPSA) is 165 Å². The van der Waals surface area contributed by atoms with E-state index < -0.39 is 32.1 Å². The fourth-order valence-corrected chi connectivity index (χ4v) is 5.70. The Hall–Kier alpha value is -3.25. The standard InChI is InChI=1S/C24H34N7O6P/c1-14(2)35-23(32)16(4)30-38(33,37-17-9-7-6-8-10-17)34-12-18-11-15(3)22(36-18)31-13-27-19-20(26-5)28-24(25)29-21(19)31/h6-10,13-16,18,22H,11-12H2,1-5H3,(H,30,33)(H3,25,26,28,29)/t15-,16?,18-,22+,38+/m0/s1. The van der Waals surface area contributed by atoms with Gasteiger partial charge in [0.05, 0.1) is 25.1 Å². The largest absolute Gasteiger partial charge is 0.462 e. The number of hydrogen-bond acceptors (Lipinski definition) is 11. The number of esters is 1. The van der Waals surface area contributed by atoms with Gasteiger partial charge in [-0.05, 0) is 39.3 Å². The van der Waals surface area contributed by atoms with E-state index in [1.54, 1.807) is 62.1 Å². The minimum absolute atomic E-state index is 0.0462. The van der Waals surface area contributed by atoms with Gasteiger partial charge in [0.1, 0.15) is 18.0 Å². The van der Waals surface area contributed by atoms with Crippen LogP contribution in [-0.4, -0.2) is 57.4 Å². The molecule has 3 heterocycles. The Balaban J connectivity index is 1.48. The first kappa shape index (κ1) is 27.8. The van der Waals surface area contributed by atoms with Crippen LogP contribution in [0.3, 0.4) is 0 Å². The van der Waals surface area contributed by atoms with Gasteiger partial charge in [-0.1, -0.05) is 25.1 Å². The molecular weight excluding hydrogens is 513 g/mol. The van der Waals surface area contributed by atoms with E-state index in [-0.39, 0.29) is 24.6 Å². The molecule has 0 spiro atoms. The summed E-state index contributed by atoms with van der Waals surface area (Å²) in [5.74, 6) is 0.447. The number of carbonyl (C=O) groups is 1. The minimum Gasteiger partial charge on any atom is -0.462 e. The SMILES string of the molecule is CNc1nc(N)nc2c1ncn2[C@@H]1O[C@H](CO[P@](=O)(NC(C)C(=O)OC(C)C)Oc2ccccc2)C[C@@H]1C. The molecule has 1 aliphatic rings. The molecule has 0 radical (unpaired) electrons. The predicted octanol–water partition coefficient (Wildman–Crippen LogP) is 3.51. The van der Waals surface area contributed by atoms with E-state index in [0.29, 0.717) is 29.2 Å². The van der Waals surface area contributed by atoms with Gasteiger partial charge in [0.25, 0.3) is 0 Å². The molecule has 13 nitrogen and oxygen atoms in total. The van der Waals surface area contributed by atoms with E-state index in [4.69, 9.17) is 24.3 Å². The van der Waals surface area contributed by atoms with Gasteiger partial charge >= 0.3 is 13.7 Å². The van der Waals surface area contributed by atoms with E-state index in [1.165, 1.54) is 6.92 Å². The summed E-state index contributed by atoms with van der Waals surface area (Å²) in [6.45, 7) is 6.99. The normalized spacial score (nSPS) is 21.8. The molecule has 1 unspecified atom stereocenters. The first-order valence-corrected chi connectivity index (χ1v) is 13.9. The third kappa shape index (κ3) is 6.41. The lowest BCUT2D eigenvalue weighted by Crippen LogP contribution is -2.36. The molecule has 1 saturated heterocycles. The van der Waals surface area contributed by atoms with Gasteiger partial charge in [-0.15, -0.1) is 0 Å².